The van der Waals surface area contributed by atoms with E-state index in [2.05, 4.69) is 55.8 Å². The lowest BCUT2D eigenvalue weighted by Crippen LogP contribution is -2.30. The number of hydrogen-bond acceptors (Lipinski definition) is 5. The van der Waals surface area contributed by atoms with E-state index in [1.807, 2.05) is 36.8 Å². The Hall–Kier alpha value is -3.22. The van der Waals surface area contributed by atoms with Gasteiger partial charge >= 0.3 is 0 Å². The van der Waals surface area contributed by atoms with Gasteiger partial charge in [0, 0.05) is 67.7 Å². The maximum Gasteiger partial charge on any atom is 0.124 e. The number of rotatable bonds is 7. The van der Waals surface area contributed by atoms with Gasteiger partial charge in [-0.3, -0.25) is 14.9 Å². The van der Waals surface area contributed by atoms with E-state index >= 15 is 0 Å². The molecule has 4 heterocycles. The van der Waals surface area contributed by atoms with Crippen LogP contribution in [0.25, 0.3) is 5.52 Å². The highest BCUT2D eigenvalue weighted by molar-refractivity contribution is 5.52. The first-order chi connectivity index (χ1) is 15.8. The predicted octanol–water partition coefficient (Wildman–Crippen LogP) is 4.00. The first-order valence-corrected chi connectivity index (χ1v) is 11.2. The van der Waals surface area contributed by atoms with Gasteiger partial charge in [0.2, 0.25) is 0 Å². The first-order valence-electron chi connectivity index (χ1n) is 11.2. The number of fused-ring (bicyclic) bond motifs is 1. The predicted molar refractivity (Wildman–Crippen MR) is 123 cm³/mol. The van der Waals surface area contributed by atoms with Gasteiger partial charge in [-0.15, -0.1) is 0 Å². The second-order valence-electron chi connectivity index (χ2n) is 8.31. The fourth-order valence-electron chi connectivity index (χ4n) is 4.34. The average molecular weight is 429 g/mol. The number of ether oxygens (including phenoxy) is 2. The molecule has 4 aromatic rings. The lowest BCUT2D eigenvalue weighted by Gasteiger charge is -2.24. The smallest absolute Gasteiger partial charge is 0.124 e. The lowest BCUT2D eigenvalue weighted by atomic mass is 10.0. The summed E-state index contributed by atoms with van der Waals surface area (Å²) in [5, 5.41) is 0. The van der Waals surface area contributed by atoms with Crippen molar-refractivity contribution in [3.63, 3.8) is 0 Å². The third-order valence-corrected chi connectivity index (χ3v) is 5.92. The number of hydrogen-bond donors (Lipinski definition) is 0. The van der Waals surface area contributed by atoms with Crippen LogP contribution in [0.2, 0.25) is 0 Å². The standard InChI is InChI=1S/C26H28N4O2/c1-2-8-26(32-20-21-5-3-9-27-16-21)23(6-1)18-29-13-14-31-19-22(17-29)15-24-25-7-4-11-30(25)12-10-28-24/h1-12,16,22H,13-15,17-20H2. The van der Waals surface area contributed by atoms with Gasteiger partial charge in [0.1, 0.15) is 12.4 Å². The van der Waals surface area contributed by atoms with E-state index in [4.69, 9.17) is 9.47 Å². The average Bonchev–Trinajstić information content (AvgIpc) is 3.21. The second-order valence-corrected chi connectivity index (χ2v) is 8.31. The summed E-state index contributed by atoms with van der Waals surface area (Å²) in [5.74, 6) is 1.33. The zero-order valence-corrected chi connectivity index (χ0v) is 18.1. The lowest BCUT2D eigenvalue weighted by molar-refractivity contribution is 0.121. The Morgan fingerprint density at radius 2 is 2.00 bits per heavy atom. The maximum absolute atomic E-state index is 6.15. The van der Waals surface area contributed by atoms with Crippen LogP contribution >= 0.6 is 0 Å². The number of pyridine rings is 1. The molecule has 0 saturated carbocycles. The van der Waals surface area contributed by atoms with Crippen LogP contribution in [-0.2, 0) is 24.3 Å². The molecule has 0 spiro atoms. The van der Waals surface area contributed by atoms with Gasteiger partial charge in [-0.1, -0.05) is 24.3 Å². The summed E-state index contributed by atoms with van der Waals surface area (Å²) in [4.78, 5) is 11.3. The Morgan fingerprint density at radius 1 is 1.03 bits per heavy atom. The molecule has 0 amide bonds. The molecule has 0 aliphatic carbocycles. The van der Waals surface area contributed by atoms with Crippen LogP contribution in [0.5, 0.6) is 5.75 Å². The summed E-state index contributed by atoms with van der Waals surface area (Å²) in [5.41, 5.74) is 4.58. The van der Waals surface area contributed by atoms with Crippen LogP contribution in [-0.4, -0.2) is 45.6 Å². The molecule has 1 unspecified atom stereocenters. The van der Waals surface area contributed by atoms with Crippen LogP contribution in [0, 0.1) is 5.92 Å². The topological polar surface area (TPSA) is 51.9 Å². The number of aromatic nitrogens is 3. The molecule has 5 rings (SSSR count). The molecule has 0 N–H and O–H groups in total. The van der Waals surface area contributed by atoms with Crippen LogP contribution < -0.4 is 4.74 Å². The first kappa shape index (κ1) is 20.7. The van der Waals surface area contributed by atoms with E-state index in [1.54, 1.807) is 6.20 Å². The van der Waals surface area contributed by atoms with E-state index in [9.17, 15) is 0 Å². The van der Waals surface area contributed by atoms with Crippen molar-refractivity contribution in [2.45, 2.75) is 19.6 Å². The molecule has 0 radical (unpaired) electrons. The SMILES string of the molecule is c1cncc(COc2ccccc2CN2CCOCC(Cc3nccn4cccc34)C2)c1. The molecule has 1 saturated heterocycles. The molecular weight excluding hydrogens is 400 g/mol. The Bertz CT molecular complexity index is 1140. The molecular formula is C26H28N4O2. The number of benzene rings is 1. The van der Waals surface area contributed by atoms with E-state index < -0.39 is 0 Å². The van der Waals surface area contributed by atoms with Gasteiger partial charge < -0.3 is 13.9 Å². The maximum atomic E-state index is 6.15. The molecule has 1 fully saturated rings. The molecule has 32 heavy (non-hydrogen) atoms. The highest BCUT2D eigenvalue weighted by Gasteiger charge is 2.21. The van der Waals surface area contributed by atoms with Crippen molar-refractivity contribution in [2.24, 2.45) is 5.92 Å². The van der Waals surface area contributed by atoms with Crippen LogP contribution in [0.4, 0.5) is 0 Å². The summed E-state index contributed by atoms with van der Waals surface area (Å²) in [6, 6.07) is 16.5. The summed E-state index contributed by atoms with van der Waals surface area (Å²) >= 11 is 0. The molecule has 3 aromatic heterocycles. The summed E-state index contributed by atoms with van der Waals surface area (Å²) in [7, 11) is 0. The third kappa shape index (κ3) is 4.98. The summed E-state index contributed by atoms with van der Waals surface area (Å²) < 4.78 is 14.2. The Balaban J connectivity index is 1.26. The van der Waals surface area contributed by atoms with Gasteiger partial charge in [-0.25, -0.2) is 0 Å². The van der Waals surface area contributed by atoms with Gasteiger partial charge in [0.15, 0.2) is 0 Å². The Labute approximate surface area is 188 Å². The molecule has 6 nitrogen and oxygen atoms in total. The van der Waals surface area contributed by atoms with E-state index in [1.165, 1.54) is 11.1 Å². The Kier molecular flexibility index (Phi) is 6.42. The molecule has 164 valence electrons. The highest BCUT2D eigenvalue weighted by atomic mass is 16.5. The fraction of sp³-hybridized carbons (Fsp3) is 0.308. The van der Waals surface area contributed by atoms with Crippen LogP contribution in [0.1, 0.15) is 16.8 Å². The van der Waals surface area contributed by atoms with Gasteiger partial charge in [0.25, 0.3) is 0 Å². The zero-order chi connectivity index (χ0) is 21.6. The van der Waals surface area contributed by atoms with Crippen molar-refractivity contribution >= 4 is 5.52 Å². The molecule has 1 aromatic carbocycles. The molecule has 6 heteroatoms. The van der Waals surface area contributed by atoms with Crippen molar-refractivity contribution in [2.75, 3.05) is 26.3 Å². The minimum Gasteiger partial charge on any atom is -0.489 e. The molecule has 1 aliphatic rings. The van der Waals surface area contributed by atoms with Gasteiger partial charge in [0.05, 0.1) is 24.4 Å². The summed E-state index contributed by atoms with van der Waals surface area (Å²) in [6.45, 7) is 4.75. The second kappa shape index (κ2) is 9.94. The van der Waals surface area contributed by atoms with Gasteiger partial charge in [-0.2, -0.15) is 0 Å². The molecule has 1 atom stereocenters. The van der Waals surface area contributed by atoms with Crippen molar-refractivity contribution < 1.29 is 9.47 Å². The zero-order valence-electron chi connectivity index (χ0n) is 18.1. The summed E-state index contributed by atoms with van der Waals surface area (Å²) in [6.07, 6.45) is 10.5. The van der Waals surface area contributed by atoms with E-state index in [0.717, 1.165) is 56.3 Å². The fourth-order valence-corrected chi connectivity index (χ4v) is 4.34. The van der Waals surface area contributed by atoms with Crippen LogP contribution in [0.15, 0.2) is 79.5 Å². The molecule has 1 aliphatic heterocycles. The van der Waals surface area contributed by atoms with Crippen molar-refractivity contribution in [3.05, 3.63) is 96.3 Å². The molecule has 0 bridgehead atoms. The number of para-hydroxylation sites is 1. The number of nitrogens with zero attached hydrogens (tertiary/aromatic N) is 4. The van der Waals surface area contributed by atoms with E-state index in [0.29, 0.717) is 12.5 Å². The highest BCUT2D eigenvalue weighted by Crippen LogP contribution is 2.23. The quantitative estimate of drug-likeness (QED) is 0.445. The monoisotopic (exact) mass is 428 g/mol. The largest absolute Gasteiger partial charge is 0.489 e. The van der Waals surface area contributed by atoms with Gasteiger partial charge in [-0.05, 0) is 30.7 Å². The minimum absolute atomic E-state index is 0.398. The minimum atomic E-state index is 0.398. The van der Waals surface area contributed by atoms with Crippen molar-refractivity contribution in [1.29, 1.82) is 0 Å². The third-order valence-electron chi connectivity index (χ3n) is 5.92. The van der Waals surface area contributed by atoms with Crippen LogP contribution in [0.3, 0.4) is 0 Å². The van der Waals surface area contributed by atoms with Crippen molar-refractivity contribution in [1.82, 2.24) is 19.3 Å². The van der Waals surface area contributed by atoms with Crippen molar-refractivity contribution in [3.8, 4) is 5.75 Å². The van der Waals surface area contributed by atoms with E-state index in [-0.39, 0.29) is 0 Å². The Morgan fingerprint density at radius 3 is 2.94 bits per heavy atom. The normalized spacial score (nSPS) is 17.3.